The molecule has 24 heavy (non-hydrogen) atoms. The minimum absolute atomic E-state index is 0.000426. The van der Waals surface area contributed by atoms with Crippen LogP contribution in [0.1, 0.15) is 5.56 Å². The third-order valence-electron chi connectivity index (χ3n) is 2.88. The summed E-state index contributed by atoms with van der Waals surface area (Å²) < 4.78 is 1.76. The molecule has 9 heteroatoms. The number of carbonyl (C=O) groups excluding carboxylic acids is 1. The van der Waals surface area contributed by atoms with Gasteiger partial charge in [-0.1, -0.05) is 15.9 Å². The van der Waals surface area contributed by atoms with Gasteiger partial charge in [0.15, 0.2) is 0 Å². The third kappa shape index (κ3) is 5.43. The van der Waals surface area contributed by atoms with Crippen LogP contribution in [0, 0.1) is 10.1 Å². The Bertz CT molecular complexity index is 779. The van der Waals surface area contributed by atoms with Gasteiger partial charge in [0.2, 0.25) is 0 Å². The SMILES string of the molecule is O=C(CNc1ccc(Br)cc1Br)N/N=C/c1ccc([N+](=O)[O-])cc1. The zero-order valence-corrected chi connectivity index (χ0v) is 15.4. The molecule has 0 aromatic heterocycles. The fraction of sp³-hybridized carbons (Fsp3) is 0.0667. The maximum atomic E-state index is 11.7. The summed E-state index contributed by atoms with van der Waals surface area (Å²) in [5.74, 6) is -0.317. The van der Waals surface area contributed by atoms with Crippen molar-refractivity contribution in [3.8, 4) is 0 Å². The Hall–Kier alpha value is -2.26. The lowest BCUT2D eigenvalue weighted by Crippen LogP contribution is -2.26. The monoisotopic (exact) mass is 454 g/mol. The van der Waals surface area contributed by atoms with Gasteiger partial charge in [-0.2, -0.15) is 5.10 Å². The van der Waals surface area contributed by atoms with E-state index in [-0.39, 0.29) is 18.1 Å². The number of halogens is 2. The summed E-state index contributed by atoms with van der Waals surface area (Å²) >= 11 is 6.75. The molecule has 0 heterocycles. The summed E-state index contributed by atoms with van der Waals surface area (Å²) in [7, 11) is 0. The van der Waals surface area contributed by atoms with Gasteiger partial charge in [-0.25, -0.2) is 5.43 Å². The van der Waals surface area contributed by atoms with Crippen LogP contribution in [-0.4, -0.2) is 23.6 Å². The van der Waals surface area contributed by atoms with Crippen LogP contribution in [0.2, 0.25) is 0 Å². The van der Waals surface area contributed by atoms with E-state index in [1.165, 1.54) is 18.3 Å². The number of hydrazone groups is 1. The molecule has 2 rings (SSSR count). The standard InChI is InChI=1S/C15H12Br2N4O3/c16-11-3-6-14(13(17)7-11)18-9-15(22)20-19-8-10-1-4-12(5-2-10)21(23)24/h1-8,18H,9H2,(H,20,22)/b19-8+. The van der Waals surface area contributed by atoms with Crippen LogP contribution in [0.25, 0.3) is 0 Å². The van der Waals surface area contributed by atoms with Crippen molar-refractivity contribution in [3.63, 3.8) is 0 Å². The van der Waals surface area contributed by atoms with Gasteiger partial charge in [-0.15, -0.1) is 0 Å². The summed E-state index contributed by atoms with van der Waals surface area (Å²) in [6, 6.07) is 11.4. The number of non-ortho nitro benzene ring substituents is 1. The molecule has 0 saturated carbocycles. The molecule has 0 atom stereocenters. The number of hydrogen-bond acceptors (Lipinski definition) is 5. The molecule has 1 amide bonds. The molecule has 0 bridgehead atoms. The quantitative estimate of drug-likeness (QED) is 0.394. The van der Waals surface area contributed by atoms with Crippen molar-refractivity contribution in [1.82, 2.24) is 5.43 Å². The molecule has 0 aliphatic carbocycles. The van der Waals surface area contributed by atoms with E-state index >= 15 is 0 Å². The molecular weight excluding hydrogens is 444 g/mol. The number of nitro benzene ring substituents is 1. The van der Waals surface area contributed by atoms with Crippen LogP contribution in [-0.2, 0) is 4.79 Å². The minimum Gasteiger partial charge on any atom is -0.375 e. The predicted molar refractivity (Wildman–Crippen MR) is 99.2 cm³/mol. The zero-order valence-electron chi connectivity index (χ0n) is 12.2. The molecule has 7 nitrogen and oxygen atoms in total. The number of nitrogens with zero attached hydrogens (tertiary/aromatic N) is 2. The summed E-state index contributed by atoms with van der Waals surface area (Å²) in [4.78, 5) is 21.8. The molecule has 2 N–H and O–H groups in total. The molecule has 0 saturated heterocycles. The maximum Gasteiger partial charge on any atom is 0.269 e. The smallest absolute Gasteiger partial charge is 0.269 e. The Morgan fingerprint density at radius 2 is 1.92 bits per heavy atom. The topological polar surface area (TPSA) is 96.6 Å². The van der Waals surface area contributed by atoms with E-state index in [9.17, 15) is 14.9 Å². The van der Waals surface area contributed by atoms with Gasteiger partial charge in [0.1, 0.15) is 0 Å². The van der Waals surface area contributed by atoms with Gasteiger partial charge in [-0.3, -0.25) is 14.9 Å². The highest BCUT2D eigenvalue weighted by molar-refractivity contribution is 9.11. The molecule has 0 radical (unpaired) electrons. The minimum atomic E-state index is -0.478. The van der Waals surface area contributed by atoms with E-state index < -0.39 is 4.92 Å². The molecular formula is C15H12Br2N4O3. The van der Waals surface area contributed by atoms with E-state index in [0.717, 1.165) is 14.6 Å². The summed E-state index contributed by atoms with van der Waals surface area (Å²) in [6.07, 6.45) is 1.41. The van der Waals surface area contributed by atoms with E-state index in [4.69, 9.17) is 0 Å². The Morgan fingerprint density at radius 1 is 1.21 bits per heavy atom. The van der Waals surface area contributed by atoms with E-state index in [0.29, 0.717) is 5.56 Å². The molecule has 0 unspecified atom stereocenters. The molecule has 0 aliphatic rings. The van der Waals surface area contributed by atoms with Crippen molar-refractivity contribution in [2.75, 3.05) is 11.9 Å². The van der Waals surface area contributed by atoms with Crippen molar-refractivity contribution >= 4 is 55.4 Å². The van der Waals surface area contributed by atoms with Crippen molar-refractivity contribution in [1.29, 1.82) is 0 Å². The average Bonchev–Trinajstić information content (AvgIpc) is 2.54. The predicted octanol–water partition coefficient (Wildman–Crippen LogP) is 3.68. The molecule has 0 aliphatic heterocycles. The summed E-state index contributed by atoms with van der Waals surface area (Å²) in [5.41, 5.74) is 3.81. The van der Waals surface area contributed by atoms with Crippen molar-refractivity contribution in [2.24, 2.45) is 5.10 Å². The number of hydrogen-bond donors (Lipinski definition) is 2. The number of anilines is 1. The van der Waals surface area contributed by atoms with Crippen molar-refractivity contribution in [2.45, 2.75) is 0 Å². The van der Waals surface area contributed by atoms with Crippen LogP contribution in [0.15, 0.2) is 56.5 Å². The lowest BCUT2D eigenvalue weighted by molar-refractivity contribution is -0.384. The first-order valence-electron chi connectivity index (χ1n) is 6.71. The molecule has 0 fully saturated rings. The number of amides is 1. The highest BCUT2D eigenvalue weighted by Crippen LogP contribution is 2.25. The van der Waals surface area contributed by atoms with Crippen LogP contribution in [0.5, 0.6) is 0 Å². The fourth-order valence-electron chi connectivity index (χ4n) is 1.71. The second kappa shape index (κ2) is 8.55. The number of benzene rings is 2. The summed E-state index contributed by atoms with van der Waals surface area (Å²) in [5, 5.41) is 17.3. The van der Waals surface area contributed by atoms with E-state index in [1.54, 1.807) is 12.1 Å². The maximum absolute atomic E-state index is 11.7. The largest absolute Gasteiger partial charge is 0.375 e. The zero-order chi connectivity index (χ0) is 17.5. The van der Waals surface area contributed by atoms with Crippen LogP contribution < -0.4 is 10.7 Å². The Labute approximate surface area is 154 Å². The van der Waals surface area contributed by atoms with Gasteiger partial charge < -0.3 is 5.32 Å². The summed E-state index contributed by atoms with van der Waals surface area (Å²) in [6.45, 7) is 0.0534. The van der Waals surface area contributed by atoms with E-state index in [1.807, 2.05) is 18.2 Å². The van der Waals surface area contributed by atoms with Gasteiger partial charge in [0.25, 0.3) is 11.6 Å². The second-order valence-electron chi connectivity index (χ2n) is 4.62. The highest BCUT2D eigenvalue weighted by Gasteiger charge is 2.04. The number of nitrogens with one attached hydrogen (secondary N) is 2. The van der Waals surface area contributed by atoms with Crippen LogP contribution in [0.3, 0.4) is 0 Å². The highest BCUT2D eigenvalue weighted by atomic mass is 79.9. The molecule has 0 spiro atoms. The number of rotatable bonds is 6. The first-order chi connectivity index (χ1) is 11.5. The molecule has 124 valence electrons. The Balaban J connectivity index is 1.83. The lowest BCUT2D eigenvalue weighted by Gasteiger charge is -2.07. The van der Waals surface area contributed by atoms with Gasteiger partial charge >= 0.3 is 0 Å². The Morgan fingerprint density at radius 3 is 2.54 bits per heavy atom. The first kappa shape index (κ1) is 18.1. The average molecular weight is 456 g/mol. The number of nitro groups is 1. The fourth-order valence-corrected chi connectivity index (χ4v) is 2.90. The van der Waals surface area contributed by atoms with Gasteiger partial charge in [0.05, 0.1) is 17.7 Å². The Kier molecular flexibility index (Phi) is 6.44. The van der Waals surface area contributed by atoms with Gasteiger partial charge in [0, 0.05) is 26.8 Å². The van der Waals surface area contributed by atoms with Crippen molar-refractivity contribution < 1.29 is 9.72 Å². The van der Waals surface area contributed by atoms with Crippen LogP contribution >= 0.6 is 31.9 Å². The second-order valence-corrected chi connectivity index (χ2v) is 6.39. The number of carbonyl (C=O) groups is 1. The lowest BCUT2D eigenvalue weighted by atomic mass is 10.2. The normalized spacial score (nSPS) is 10.6. The molecule has 2 aromatic rings. The van der Waals surface area contributed by atoms with E-state index in [2.05, 4.69) is 47.7 Å². The molecule has 2 aromatic carbocycles. The van der Waals surface area contributed by atoms with Crippen LogP contribution in [0.4, 0.5) is 11.4 Å². The first-order valence-corrected chi connectivity index (χ1v) is 8.29. The third-order valence-corrected chi connectivity index (χ3v) is 4.03. The van der Waals surface area contributed by atoms with Crippen molar-refractivity contribution in [3.05, 3.63) is 67.1 Å². The van der Waals surface area contributed by atoms with Gasteiger partial charge in [-0.05, 0) is 51.8 Å².